The summed E-state index contributed by atoms with van der Waals surface area (Å²) in [5.41, 5.74) is 1.97. The second-order valence-electron chi connectivity index (χ2n) is 5.13. The van der Waals surface area contributed by atoms with Crippen LogP contribution in [0.2, 0.25) is 10.0 Å². The zero-order chi connectivity index (χ0) is 15.2. The van der Waals surface area contributed by atoms with Gasteiger partial charge in [-0.05, 0) is 37.9 Å². The van der Waals surface area contributed by atoms with E-state index in [2.05, 4.69) is 4.90 Å². The van der Waals surface area contributed by atoms with Crippen LogP contribution in [0.15, 0.2) is 48.5 Å². The van der Waals surface area contributed by atoms with Crippen LogP contribution in [0.25, 0.3) is 0 Å². The summed E-state index contributed by atoms with van der Waals surface area (Å²) in [5, 5.41) is 1.40. The third-order valence-corrected chi connectivity index (χ3v) is 3.74. The number of hydrogen-bond donors (Lipinski definition) is 0. The maximum Gasteiger partial charge on any atom is 0.109 e. The standard InChI is InChI=1S/C17H19Cl2NO/c1-20(2)10-11-21-17(13-6-5-7-14(18)12-13)15-8-3-4-9-16(15)19/h3-9,12,17H,10-11H2,1-2H3/t17-/m0/s1. The lowest BCUT2D eigenvalue weighted by Crippen LogP contribution is -2.20. The molecule has 0 fully saturated rings. The van der Waals surface area contributed by atoms with Gasteiger partial charge < -0.3 is 9.64 Å². The number of nitrogens with zero attached hydrogens (tertiary/aromatic N) is 1. The van der Waals surface area contributed by atoms with Crippen LogP contribution >= 0.6 is 23.2 Å². The molecule has 0 amide bonds. The molecule has 4 heteroatoms. The third-order valence-electron chi connectivity index (χ3n) is 3.16. The minimum Gasteiger partial charge on any atom is -0.367 e. The van der Waals surface area contributed by atoms with E-state index in [4.69, 9.17) is 27.9 Å². The van der Waals surface area contributed by atoms with Gasteiger partial charge in [-0.15, -0.1) is 0 Å². The molecule has 2 rings (SSSR count). The number of halogens is 2. The Kier molecular flexibility index (Phi) is 6.07. The molecule has 2 nitrogen and oxygen atoms in total. The van der Waals surface area contributed by atoms with Crippen molar-refractivity contribution in [1.82, 2.24) is 4.90 Å². The Morgan fingerprint density at radius 1 is 1.05 bits per heavy atom. The minimum absolute atomic E-state index is 0.211. The van der Waals surface area contributed by atoms with Crippen LogP contribution < -0.4 is 0 Å². The largest absolute Gasteiger partial charge is 0.367 e. The first kappa shape index (κ1) is 16.3. The normalized spacial score (nSPS) is 12.6. The third kappa shape index (κ3) is 4.72. The topological polar surface area (TPSA) is 12.5 Å². The SMILES string of the molecule is CN(C)CCO[C@@H](c1cccc(Cl)c1)c1ccccc1Cl. The van der Waals surface area contributed by atoms with Crippen LogP contribution in [0.4, 0.5) is 0 Å². The van der Waals surface area contributed by atoms with Crippen LogP contribution in [0, 0.1) is 0 Å². The van der Waals surface area contributed by atoms with Crippen LogP contribution in [-0.2, 0) is 4.74 Å². The molecule has 0 saturated carbocycles. The van der Waals surface area contributed by atoms with E-state index in [-0.39, 0.29) is 6.10 Å². The van der Waals surface area contributed by atoms with Crippen molar-refractivity contribution < 1.29 is 4.74 Å². The minimum atomic E-state index is -0.211. The molecule has 0 saturated heterocycles. The van der Waals surface area contributed by atoms with Gasteiger partial charge in [-0.2, -0.15) is 0 Å². The van der Waals surface area contributed by atoms with E-state index in [1.807, 2.05) is 62.6 Å². The molecule has 0 aliphatic rings. The Hall–Kier alpha value is -1.06. The lowest BCUT2D eigenvalue weighted by Gasteiger charge is -2.21. The van der Waals surface area contributed by atoms with Gasteiger partial charge in [0.25, 0.3) is 0 Å². The average Bonchev–Trinajstić information content (AvgIpc) is 2.44. The van der Waals surface area contributed by atoms with E-state index >= 15 is 0 Å². The lowest BCUT2D eigenvalue weighted by molar-refractivity contribution is 0.0688. The summed E-state index contributed by atoms with van der Waals surface area (Å²) in [4.78, 5) is 2.08. The van der Waals surface area contributed by atoms with Crippen LogP contribution in [0.3, 0.4) is 0 Å². The van der Waals surface area contributed by atoms with Crippen LogP contribution in [0.5, 0.6) is 0 Å². The highest BCUT2D eigenvalue weighted by molar-refractivity contribution is 6.31. The predicted octanol–water partition coefficient (Wildman–Crippen LogP) is 4.66. The first-order chi connectivity index (χ1) is 10.1. The fourth-order valence-electron chi connectivity index (χ4n) is 2.08. The molecule has 2 aromatic carbocycles. The molecule has 2 aromatic rings. The zero-order valence-corrected chi connectivity index (χ0v) is 13.7. The highest BCUT2D eigenvalue weighted by atomic mass is 35.5. The number of likely N-dealkylation sites (N-methyl/N-ethyl adjacent to an activating group) is 1. The zero-order valence-electron chi connectivity index (χ0n) is 12.2. The molecular formula is C17H19Cl2NO. The number of ether oxygens (including phenoxy) is 1. The Labute approximate surface area is 136 Å². The fourth-order valence-corrected chi connectivity index (χ4v) is 2.51. The molecule has 0 aliphatic carbocycles. The first-order valence-electron chi connectivity index (χ1n) is 6.84. The van der Waals surface area contributed by atoms with E-state index in [1.165, 1.54) is 0 Å². The summed E-state index contributed by atoms with van der Waals surface area (Å²) in [6.07, 6.45) is -0.211. The fraction of sp³-hybridized carbons (Fsp3) is 0.294. The quantitative estimate of drug-likeness (QED) is 0.766. The van der Waals surface area contributed by atoms with Crippen molar-refractivity contribution in [1.29, 1.82) is 0 Å². The van der Waals surface area contributed by atoms with Crippen molar-refractivity contribution >= 4 is 23.2 Å². The maximum absolute atomic E-state index is 6.33. The van der Waals surface area contributed by atoms with Crippen molar-refractivity contribution in [3.8, 4) is 0 Å². The number of rotatable bonds is 6. The Morgan fingerprint density at radius 3 is 2.48 bits per heavy atom. The van der Waals surface area contributed by atoms with Crippen molar-refractivity contribution in [3.63, 3.8) is 0 Å². The molecular weight excluding hydrogens is 305 g/mol. The molecule has 0 spiro atoms. The molecule has 0 unspecified atom stereocenters. The molecule has 0 heterocycles. The van der Waals surface area contributed by atoms with Gasteiger partial charge in [-0.3, -0.25) is 0 Å². The van der Waals surface area contributed by atoms with Gasteiger partial charge in [0.05, 0.1) is 6.61 Å². The molecule has 0 aromatic heterocycles. The molecule has 0 aliphatic heterocycles. The van der Waals surface area contributed by atoms with Gasteiger partial charge in [0, 0.05) is 22.2 Å². The molecule has 0 N–H and O–H groups in total. The molecule has 0 radical (unpaired) electrons. The van der Waals surface area contributed by atoms with Crippen LogP contribution in [-0.4, -0.2) is 32.1 Å². The summed E-state index contributed by atoms with van der Waals surface area (Å²) < 4.78 is 6.08. The van der Waals surface area contributed by atoms with E-state index in [1.54, 1.807) is 0 Å². The first-order valence-corrected chi connectivity index (χ1v) is 7.59. The summed E-state index contributed by atoms with van der Waals surface area (Å²) in [6.45, 7) is 1.47. The summed E-state index contributed by atoms with van der Waals surface area (Å²) >= 11 is 12.4. The van der Waals surface area contributed by atoms with Gasteiger partial charge in [0.2, 0.25) is 0 Å². The van der Waals surface area contributed by atoms with E-state index < -0.39 is 0 Å². The lowest BCUT2D eigenvalue weighted by atomic mass is 10.0. The average molecular weight is 324 g/mol. The van der Waals surface area contributed by atoms with Crippen molar-refractivity contribution in [2.45, 2.75) is 6.10 Å². The predicted molar refractivity (Wildman–Crippen MR) is 89.3 cm³/mol. The van der Waals surface area contributed by atoms with Crippen LogP contribution in [0.1, 0.15) is 17.2 Å². The second kappa shape index (κ2) is 7.81. The summed E-state index contributed by atoms with van der Waals surface area (Å²) in [6, 6.07) is 15.5. The molecule has 0 bridgehead atoms. The van der Waals surface area contributed by atoms with Crippen molar-refractivity contribution in [2.75, 3.05) is 27.2 Å². The van der Waals surface area contributed by atoms with Gasteiger partial charge in [0.1, 0.15) is 6.10 Å². The monoisotopic (exact) mass is 323 g/mol. The highest BCUT2D eigenvalue weighted by Crippen LogP contribution is 2.32. The van der Waals surface area contributed by atoms with Gasteiger partial charge >= 0.3 is 0 Å². The summed E-state index contributed by atoms with van der Waals surface area (Å²) in [5.74, 6) is 0. The molecule has 112 valence electrons. The Morgan fingerprint density at radius 2 is 1.81 bits per heavy atom. The Bertz CT molecular complexity index is 587. The highest BCUT2D eigenvalue weighted by Gasteiger charge is 2.17. The summed E-state index contributed by atoms with van der Waals surface area (Å²) in [7, 11) is 4.04. The van der Waals surface area contributed by atoms with Gasteiger partial charge in [-0.25, -0.2) is 0 Å². The van der Waals surface area contributed by atoms with E-state index in [9.17, 15) is 0 Å². The molecule has 1 atom stereocenters. The smallest absolute Gasteiger partial charge is 0.109 e. The van der Waals surface area contributed by atoms with E-state index in [0.717, 1.165) is 17.7 Å². The second-order valence-corrected chi connectivity index (χ2v) is 5.97. The van der Waals surface area contributed by atoms with Crippen molar-refractivity contribution in [3.05, 3.63) is 69.7 Å². The van der Waals surface area contributed by atoms with Gasteiger partial charge in [0.15, 0.2) is 0 Å². The Balaban J connectivity index is 2.28. The van der Waals surface area contributed by atoms with Crippen molar-refractivity contribution in [2.24, 2.45) is 0 Å². The number of hydrogen-bond acceptors (Lipinski definition) is 2. The number of benzene rings is 2. The van der Waals surface area contributed by atoms with E-state index in [0.29, 0.717) is 16.7 Å². The molecule has 21 heavy (non-hydrogen) atoms. The van der Waals surface area contributed by atoms with Gasteiger partial charge in [-0.1, -0.05) is 53.5 Å². The maximum atomic E-state index is 6.33.